The van der Waals surface area contributed by atoms with E-state index in [4.69, 9.17) is 11.4 Å². The molecule has 0 aliphatic carbocycles. The van der Waals surface area contributed by atoms with Crippen LogP contribution in [0.25, 0.3) is 0 Å². The maximum Gasteiger partial charge on any atom is 0.124 e. The van der Waals surface area contributed by atoms with Gasteiger partial charge in [-0.1, -0.05) is 12.7 Å². The summed E-state index contributed by atoms with van der Waals surface area (Å²) >= 11 is 0. The minimum atomic E-state index is 1.10. The lowest BCUT2D eigenvalue weighted by Crippen LogP contribution is -1.38. The van der Waals surface area contributed by atoms with Gasteiger partial charge in [0.25, 0.3) is 0 Å². The first kappa shape index (κ1) is 4.19. The summed E-state index contributed by atoms with van der Waals surface area (Å²) in [5.74, 6) is 1.46. The summed E-state index contributed by atoms with van der Waals surface area (Å²) in [6.45, 7) is 4.70. The van der Waals surface area contributed by atoms with Crippen molar-refractivity contribution in [3.05, 3.63) is 18.7 Å². The van der Waals surface area contributed by atoms with E-state index in [1.54, 1.807) is 0 Å². The normalized spacial score (nSPS) is 4.80. The predicted octanol–water partition coefficient (Wildman–Crippen LogP) is 0.363. The van der Waals surface area contributed by atoms with Crippen molar-refractivity contribution in [3.8, 4) is 0 Å². The van der Waals surface area contributed by atoms with Gasteiger partial charge in [0, 0.05) is 6.08 Å². The number of carbonyl (C=O) groups excluding carboxylic acids is 1. The summed E-state index contributed by atoms with van der Waals surface area (Å²) in [4.78, 5) is 9.11. The van der Waals surface area contributed by atoms with Crippen molar-refractivity contribution in [2.75, 3.05) is 0 Å². The molecule has 0 N–H and O–H groups in total. The van der Waals surface area contributed by atoms with Gasteiger partial charge < -0.3 is 0 Å². The van der Waals surface area contributed by atoms with E-state index in [0.29, 0.717) is 0 Å². The zero-order valence-corrected chi connectivity index (χ0v) is 2.64. The molecule has 0 bridgehead atoms. The number of hydrogen-bond donors (Lipinski definition) is 0. The molecule has 0 unspecified atom stereocenters. The highest BCUT2D eigenvalue weighted by atomic mass is 16.1. The van der Waals surface area contributed by atoms with E-state index in [9.17, 15) is 0 Å². The van der Waals surface area contributed by atoms with Gasteiger partial charge in [-0.05, 0) is 0 Å². The third-order valence-electron chi connectivity index (χ3n) is 0.164. The molecule has 0 heterocycles. The zero-order valence-electron chi connectivity index (χ0n) is 2.64. The van der Waals surface area contributed by atoms with Crippen LogP contribution < -0.4 is 0 Å². The van der Waals surface area contributed by atoms with Crippen LogP contribution in [-0.4, -0.2) is 5.94 Å². The van der Waals surface area contributed by atoms with Gasteiger partial charge in [0.05, 0.1) is 0 Å². The van der Waals surface area contributed by atoms with Gasteiger partial charge >= 0.3 is 0 Å². The van der Waals surface area contributed by atoms with Crippen molar-refractivity contribution >= 4 is 5.94 Å². The highest BCUT2D eigenvalue weighted by Gasteiger charge is 1.42. The van der Waals surface area contributed by atoms with Gasteiger partial charge in [-0.2, -0.15) is 0 Å². The molecule has 0 amide bonds. The van der Waals surface area contributed by atoms with E-state index >= 15 is 0 Å². The largest absolute Gasteiger partial charge is 0.234 e. The molecule has 1 nitrogen and oxygen atoms in total. The van der Waals surface area contributed by atoms with Gasteiger partial charge in [0.1, 0.15) is 5.94 Å². The summed E-state index contributed by atoms with van der Waals surface area (Å²) in [5.41, 5.74) is 0. The molecule has 0 aromatic carbocycles. The molecule has 0 saturated carbocycles. The van der Waals surface area contributed by atoms with Crippen molar-refractivity contribution in [2.45, 2.75) is 0 Å². The quantitative estimate of drug-likeness (QED) is 0.320. The van der Waals surface area contributed by atoms with E-state index in [0.717, 1.165) is 12.2 Å². The van der Waals surface area contributed by atoms with Gasteiger partial charge in [-0.15, -0.1) is 0 Å². The van der Waals surface area contributed by atoms with Crippen LogP contribution >= 0.6 is 0 Å². The van der Waals surface area contributed by atoms with Gasteiger partial charge in [0.2, 0.25) is 0 Å². The standard InChI is InChI=1S/C4H3O/c1-2-3-4-5/h1-3H. The van der Waals surface area contributed by atoms with Crippen LogP contribution in [0.5, 0.6) is 0 Å². The lowest BCUT2D eigenvalue weighted by Gasteiger charge is -1.42. The van der Waals surface area contributed by atoms with Crippen molar-refractivity contribution in [3.63, 3.8) is 0 Å². The van der Waals surface area contributed by atoms with Crippen LogP contribution in [0.1, 0.15) is 0 Å². The fourth-order valence-electron chi connectivity index (χ4n) is 0.0393. The Morgan fingerprint density at radius 3 is 2.40 bits per heavy atom. The molecule has 1 heteroatoms. The van der Waals surface area contributed by atoms with Crippen molar-refractivity contribution in [1.82, 2.24) is 0 Å². The zero-order chi connectivity index (χ0) is 4.12. The third kappa shape index (κ3) is 3.19. The number of hydrogen-bond acceptors (Lipinski definition) is 1. The predicted molar refractivity (Wildman–Crippen MR) is 19.1 cm³/mol. The molecule has 5 heavy (non-hydrogen) atoms. The molecule has 0 aliphatic heterocycles. The fraction of sp³-hybridized carbons (Fsp3) is 0. The monoisotopic (exact) mass is 67.0 g/mol. The average Bonchev–Trinajstić information content (AvgIpc) is 1.41. The topological polar surface area (TPSA) is 17.1 Å². The van der Waals surface area contributed by atoms with Crippen molar-refractivity contribution < 1.29 is 4.79 Å². The van der Waals surface area contributed by atoms with E-state index in [2.05, 4.69) is 0 Å². The second-order valence-electron chi connectivity index (χ2n) is 0.477. The Balaban J connectivity index is 3.31. The first-order chi connectivity index (χ1) is 2.41. The molecule has 0 spiro atoms. The van der Waals surface area contributed by atoms with Gasteiger partial charge in [-0.3, -0.25) is 0 Å². The summed E-state index contributed by atoms with van der Waals surface area (Å²) in [6, 6.07) is 0. The van der Waals surface area contributed by atoms with E-state index in [1.807, 2.05) is 0 Å². The van der Waals surface area contributed by atoms with Crippen LogP contribution in [0.2, 0.25) is 0 Å². The Morgan fingerprint density at radius 1 is 1.80 bits per heavy atom. The van der Waals surface area contributed by atoms with E-state index in [-0.39, 0.29) is 0 Å². The minimum Gasteiger partial charge on any atom is -0.234 e. The molecule has 25 valence electrons. The summed E-state index contributed by atoms with van der Waals surface area (Å²) < 4.78 is 0. The highest BCUT2D eigenvalue weighted by molar-refractivity contribution is 5.47. The second kappa shape index (κ2) is 3.19. The Morgan fingerprint density at radius 2 is 2.40 bits per heavy atom. The van der Waals surface area contributed by atoms with Crippen molar-refractivity contribution in [1.29, 1.82) is 0 Å². The first-order valence-electron chi connectivity index (χ1n) is 1.16. The highest BCUT2D eigenvalue weighted by Crippen LogP contribution is 1.50. The molecule has 0 aromatic heterocycles. The van der Waals surface area contributed by atoms with E-state index < -0.39 is 0 Å². The molecule has 0 fully saturated rings. The summed E-state index contributed by atoms with van der Waals surface area (Å²) in [5, 5.41) is 0. The van der Waals surface area contributed by atoms with Crippen LogP contribution in [-0.2, 0) is 4.79 Å². The number of rotatable bonds is 1. The SMILES string of the molecule is [CH]=CC=C=O. The van der Waals surface area contributed by atoms with Gasteiger partial charge in [0.15, 0.2) is 0 Å². The molecule has 0 rings (SSSR count). The first-order valence-corrected chi connectivity index (χ1v) is 1.16. The molecule has 0 aliphatic rings. The van der Waals surface area contributed by atoms with Crippen LogP contribution in [0.4, 0.5) is 0 Å². The Hall–Kier alpha value is -0.810. The smallest absolute Gasteiger partial charge is 0.124 e. The number of allylic oxidation sites excluding steroid dienone is 2. The third-order valence-corrected chi connectivity index (χ3v) is 0.164. The summed E-state index contributed by atoms with van der Waals surface area (Å²) in [7, 11) is 0. The molecule has 0 saturated heterocycles. The molecule has 1 radical (unpaired) electrons. The fourth-order valence-corrected chi connectivity index (χ4v) is 0.0393. The second-order valence-corrected chi connectivity index (χ2v) is 0.477. The Labute approximate surface area is 30.6 Å². The van der Waals surface area contributed by atoms with Gasteiger partial charge in [-0.25, -0.2) is 4.79 Å². The maximum absolute atomic E-state index is 9.11. The average molecular weight is 67.1 g/mol. The van der Waals surface area contributed by atoms with Crippen LogP contribution in [0.15, 0.2) is 12.2 Å². The Bertz CT molecular complexity index is 67.7. The molecular formula is C4H3O. The molecule has 0 aromatic rings. The molecular weight excluding hydrogens is 64.0 g/mol. The van der Waals surface area contributed by atoms with E-state index in [1.165, 1.54) is 5.94 Å². The summed E-state index contributed by atoms with van der Waals surface area (Å²) in [6.07, 6.45) is 2.23. The van der Waals surface area contributed by atoms with Crippen molar-refractivity contribution in [2.24, 2.45) is 0 Å². The minimum absolute atomic E-state index is 1.10. The van der Waals surface area contributed by atoms with Crippen LogP contribution in [0, 0.1) is 6.58 Å². The maximum atomic E-state index is 9.11. The molecule has 0 atom stereocenters. The van der Waals surface area contributed by atoms with Crippen LogP contribution in [0.3, 0.4) is 0 Å². The Kier molecular flexibility index (Phi) is 2.67. The lowest BCUT2D eigenvalue weighted by molar-refractivity contribution is 0.569. The lowest BCUT2D eigenvalue weighted by atomic mass is 10.6.